The minimum Gasteiger partial charge on any atom is -0.508 e. The summed E-state index contributed by atoms with van der Waals surface area (Å²) in [7, 11) is -2.75. The zero-order valence-electron chi connectivity index (χ0n) is 23.9. The first-order chi connectivity index (χ1) is 19.4. The molecule has 2 aromatic heterocycles. The average Bonchev–Trinajstić information content (AvgIpc) is 3.36. The van der Waals surface area contributed by atoms with Gasteiger partial charge in [0.05, 0.1) is 11.7 Å². The van der Waals surface area contributed by atoms with Crippen molar-refractivity contribution >= 4 is 19.9 Å². The lowest BCUT2D eigenvalue weighted by molar-refractivity contribution is -0.0273. The predicted molar refractivity (Wildman–Crippen MR) is 153 cm³/mol. The van der Waals surface area contributed by atoms with E-state index in [1.165, 1.54) is 0 Å². The Kier molecular flexibility index (Phi) is 6.37. The van der Waals surface area contributed by atoms with Gasteiger partial charge in [0, 0.05) is 23.3 Å². The van der Waals surface area contributed by atoms with Crippen molar-refractivity contribution in [1.29, 1.82) is 0 Å². The smallest absolute Gasteiger partial charge is 0.265 e. The van der Waals surface area contributed by atoms with Crippen LogP contribution in [-0.2, 0) is 17.5 Å². The molecule has 0 aliphatic heterocycles. The Balaban J connectivity index is 1.52. The maximum absolute atomic E-state index is 14.8. The van der Waals surface area contributed by atoms with Gasteiger partial charge in [-0.2, -0.15) is 0 Å². The molecule has 3 N–H and O–H groups in total. The molecule has 0 saturated carbocycles. The average molecular weight is 574 g/mol. The highest BCUT2D eigenvalue weighted by Gasteiger charge is 2.66. The molecule has 0 spiro atoms. The van der Waals surface area contributed by atoms with Crippen LogP contribution in [0.4, 0.5) is 0 Å². The normalized spacial score (nSPS) is 25.8. The van der Waals surface area contributed by atoms with Gasteiger partial charge in [0.25, 0.3) is 5.88 Å². The van der Waals surface area contributed by atoms with Crippen molar-refractivity contribution in [2.75, 3.05) is 0 Å². The van der Waals surface area contributed by atoms with E-state index in [1.54, 1.807) is 18.3 Å². The fraction of sp³-hybridized carbons (Fsp3) is 0.419. The molecule has 9 nitrogen and oxygen atoms in total. The minimum absolute atomic E-state index is 0.00889. The van der Waals surface area contributed by atoms with E-state index in [0.29, 0.717) is 24.1 Å². The van der Waals surface area contributed by atoms with Crippen molar-refractivity contribution in [3.8, 4) is 5.88 Å². The number of hydrogen-bond acceptors (Lipinski definition) is 9. The number of fused-ring (bicyclic) bond motifs is 4. The van der Waals surface area contributed by atoms with E-state index in [1.807, 2.05) is 43.4 Å². The van der Waals surface area contributed by atoms with E-state index >= 15 is 0 Å². The van der Waals surface area contributed by atoms with Crippen LogP contribution < -0.4 is 10.5 Å². The molecule has 1 unspecified atom stereocenters. The third-order valence-electron chi connectivity index (χ3n) is 9.32. The second-order valence-corrected chi connectivity index (χ2v) is 17.5. The number of carbonyl (C=O) groups is 2. The SMILES string of the molecule is CC(C)(C)[Si](C)(C)OC12C(=O)c3c(OCc4ccccc4)noc3[C@@H](N)[C@@H]1C[C@@H]1Cc3ncccc3C(=O)C1=C2O. The summed E-state index contributed by atoms with van der Waals surface area (Å²) in [6, 6.07) is 12.1. The summed E-state index contributed by atoms with van der Waals surface area (Å²) in [6.07, 6.45) is 2.44. The van der Waals surface area contributed by atoms with Crippen LogP contribution >= 0.6 is 0 Å². The molecular weight excluding hydrogens is 538 g/mol. The Hall–Kier alpha value is -3.60. The van der Waals surface area contributed by atoms with Gasteiger partial charge in [-0.1, -0.05) is 51.1 Å². The molecule has 0 radical (unpaired) electrons. The number of Topliss-reactive ketones (excluding diaryl/α,β-unsaturated/α-hetero) is 2. The molecule has 10 heteroatoms. The van der Waals surface area contributed by atoms with Crippen LogP contribution in [0.2, 0.25) is 18.1 Å². The maximum atomic E-state index is 14.8. The first kappa shape index (κ1) is 27.6. The lowest BCUT2D eigenvalue weighted by Crippen LogP contribution is -2.64. The zero-order valence-corrected chi connectivity index (χ0v) is 24.9. The van der Waals surface area contributed by atoms with E-state index in [2.05, 4.69) is 30.9 Å². The lowest BCUT2D eigenvalue weighted by atomic mass is 9.59. The van der Waals surface area contributed by atoms with E-state index in [9.17, 15) is 14.7 Å². The topological polar surface area (TPSA) is 138 Å². The molecule has 0 bridgehead atoms. The second-order valence-electron chi connectivity index (χ2n) is 12.8. The summed E-state index contributed by atoms with van der Waals surface area (Å²) in [5, 5.41) is 16.0. The van der Waals surface area contributed by atoms with Crippen molar-refractivity contribution in [2.45, 2.75) is 70.0 Å². The number of nitrogens with zero attached hydrogens (tertiary/aromatic N) is 2. The number of aliphatic hydroxyl groups excluding tert-OH is 1. The number of ether oxygens (including phenoxy) is 1. The van der Waals surface area contributed by atoms with Gasteiger partial charge in [-0.15, -0.1) is 0 Å². The number of rotatable bonds is 5. The van der Waals surface area contributed by atoms with Crippen LogP contribution in [0.15, 0.2) is 64.5 Å². The van der Waals surface area contributed by atoms with Crippen molar-refractivity contribution < 1.29 is 28.4 Å². The molecule has 1 aromatic carbocycles. The van der Waals surface area contributed by atoms with Gasteiger partial charge in [0.2, 0.25) is 5.78 Å². The van der Waals surface area contributed by atoms with Crippen LogP contribution in [-0.4, -0.2) is 40.7 Å². The van der Waals surface area contributed by atoms with Gasteiger partial charge >= 0.3 is 0 Å². The van der Waals surface area contributed by atoms with E-state index in [4.69, 9.17) is 19.4 Å². The van der Waals surface area contributed by atoms with Gasteiger partial charge in [-0.05, 0) is 59.7 Å². The molecule has 3 aliphatic carbocycles. The summed E-state index contributed by atoms with van der Waals surface area (Å²) >= 11 is 0. The van der Waals surface area contributed by atoms with Crippen LogP contribution in [0.5, 0.6) is 5.88 Å². The summed E-state index contributed by atoms with van der Waals surface area (Å²) in [4.78, 5) is 33.1. The molecule has 3 aliphatic rings. The second kappa shape index (κ2) is 9.47. The number of carbonyl (C=O) groups excluding carboxylic acids is 2. The highest BCUT2D eigenvalue weighted by Crippen LogP contribution is 2.57. The first-order valence-electron chi connectivity index (χ1n) is 14.0. The maximum Gasteiger partial charge on any atom is 0.265 e. The van der Waals surface area contributed by atoms with Crippen molar-refractivity contribution in [1.82, 2.24) is 10.1 Å². The standard InChI is InChI=1S/C31H35N3O6Si/c1-30(2,3)41(4,5)40-31-20(14-18-15-21-19(12-9-13-33-21)25(35)22(18)27(31)36)24(32)26-23(28(31)37)29(34-39-26)38-16-17-10-7-6-8-11-17/h6-13,18,20,24,36H,14-16,32H2,1-5H3/t18-,20+,24+,31?/m1/s1. The number of ketones is 2. The summed E-state index contributed by atoms with van der Waals surface area (Å²) < 4.78 is 18.6. The first-order valence-corrected chi connectivity index (χ1v) is 16.9. The molecule has 214 valence electrons. The zero-order chi connectivity index (χ0) is 29.3. The highest BCUT2D eigenvalue weighted by molar-refractivity contribution is 6.74. The predicted octanol–water partition coefficient (Wildman–Crippen LogP) is 5.49. The molecule has 0 amide bonds. The Morgan fingerprint density at radius 2 is 1.88 bits per heavy atom. The van der Waals surface area contributed by atoms with E-state index in [0.717, 1.165) is 5.56 Å². The Morgan fingerprint density at radius 3 is 2.59 bits per heavy atom. The lowest BCUT2D eigenvalue weighted by Gasteiger charge is -2.53. The minimum atomic E-state index is -2.75. The Morgan fingerprint density at radius 1 is 1.15 bits per heavy atom. The van der Waals surface area contributed by atoms with Crippen molar-refractivity contribution in [3.05, 3.63) is 88.1 Å². The molecule has 2 heterocycles. The number of pyridine rings is 1. The number of hydrogen-bond donors (Lipinski definition) is 2. The van der Waals surface area contributed by atoms with Crippen LogP contribution in [0, 0.1) is 11.8 Å². The summed E-state index contributed by atoms with van der Waals surface area (Å²) in [5.41, 5.74) is 7.22. The number of nitrogens with two attached hydrogens (primary N) is 1. The molecule has 0 saturated heterocycles. The molecule has 3 aromatic rings. The van der Waals surface area contributed by atoms with Crippen LogP contribution in [0.3, 0.4) is 0 Å². The molecule has 0 fully saturated rings. The third-order valence-corrected chi connectivity index (χ3v) is 13.8. The van der Waals surface area contributed by atoms with E-state index < -0.39 is 31.7 Å². The van der Waals surface area contributed by atoms with Gasteiger partial charge in [-0.25, -0.2) is 0 Å². The van der Waals surface area contributed by atoms with E-state index in [-0.39, 0.29) is 51.9 Å². The summed E-state index contributed by atoms with van der Waals surface area (Å²) in [6.45, 7) is 10.3. The van der Waals surface area contributed by atoms with Crippen molar-refractivity contribution in [3.63, 3.8) is 0 Å². The van der Waals surface area contributed by atoms with Crippen LogP contribution in [0.1, 0.15) is 71.0 Å². The van der Waals surface area contributed by atoms with Gasteiger partial charge < -0.3 is 24.5 Å². The third kappa shape index (κ3) is 4.11. The Labute approximate surface area is 239 Å². The fourth-order valence-electron chi connectivity index (χ4n) is 6.14. The van der Waals surface area contributed by atoms with Crippen molar-refractivity contribution in [2.24, 2.45) is 17.6 Å². The Bertz CT molecular complexity index is 1570. The molecular formula is C31H35N3O6Si. The molecule has 41 heavy (non-hydrogen) atoms. The monoisotopic (exact) mass is 573 g/mol. The van der Waals surface area contributed by atoms with Gasteiger partial charge in [0.15, 0.2) is 25.5 Å². The number of benzene rings is 1. The van der Waals surface area contributed by atoms with Crippen LogP contribution in [0.25, 0.3) is 0 Å². The van der Waals surface area contributed by atoms with Gasteiger partial charge in [-0.3, -0.25) is 14.6 Å². The summed E-state index contributed by atoms with van der Waals surface area (Å²) in [5.74, 6) is -2.11. The number of aliphatic hydroxyl groups is 1. The molecule has 4 atom stereocenters. The van der Waals surface area contributed by atoms with Gasteiger partial charge in [0.1, 0.15) is 17.9 Å². The fourth-order valence-corrected chi connectivity index (χ4v) is 7.59. The highest BCUT2D eigenvalue weighted by atomic mass is 28.4. The largest absolute Gasteiger partial charge is 0.508 e. The molecule has 6 rings (SSSR count). The quantitative estimate of drug-likeness (QED) is 0.379. The number of aromatic nitrogens is 2. The number of allylic oxidation sites excluding steroid dienone is 1.